The van der Waals surface area contributed by atoms with Crippen LogP contribution in [0.5, 0.6) is 0 Å². The fourth-order valence-corrected chi connectivity index (χ4v) is 2.17. The van der Waals surface area contributed by atoms with E-state index in [4.69, 9.17) is 5.73 Å². The number of fused-ring (bicyclic) bond motifs is 1. The lowest BCUT2D eigenvalue weighted by Crippen LogP contribution is -2.20. The number of nitrogen functional groups attached to an aromatic ring is 1. The van der Waals surface area contributed by atoms with Gasteiger partial charge in [0.1, 0.15) is 5.69 Å². The van der Waals surface area contributed by atoms with Crippen molar-refractivity contribution in [1.29, 1.82) is 0 Å². The first kappa shape index (κ1) is 12.9. The highest BCUT2D eigenvalue weighted by molar-refractivity contribution is 6.22. The highest BCUT2D eigenvalue weighted by Crippen LogP contribution is 2.21. The molecule has 1 aromatic heterocycles. The number of benzene rings is 1. The van der Waals surface area contributed by atoms with Gasteiger partial charge < -0.3 is 11.1 Å². The molecule has 1 aliphatic heterocycles. The van der Waals surface area contributed by atoms with Crippen LogP contribution in [0, 0.1) is 0 Å². The minimum absolute atomic E-state index is 0.219. The van der Waals surface area contributed by atoms with Gasteiger partial charge in [-0.05, 0) is 18.2 Å². The normalized spacial score (nSPS) is 13.0. The fraction of sp³-hybridized carbons (Fsp3) is 0.0769. The van der Waals surface area contributed by atoms with E-state index in [1.807, 2.05) is 0 Å². The Hall–Kier alpha value is -3.16. The Morgan fingerprint density at radius 2 is 2.00 bits per heavy atom. The number of rotatable bonds is 2. The number of nitrogens with two attached hydrogens (primary N) is 1. The summed E-state index contributed by atoms with van der Waals surface area (Å²) in [5.74, 6) is -1.37. The third kappa shape index (κ3) is 2.02. The number of hydrogen-bond acceptors (Lipinski definition) is 5. The van der Waals surface area contributed by atoms with E-state index in [0.29, 0.717) is 5.69 Å². The molecule has 0 unspecified atom stereocenters. The Balaban J connectivity index is 1.90. The molecule has 0 saturated carbocycles. The average Bonchev–Trinajstić information content (AvgIpc) is 2.90. The van der Waals surface area contributed by atoms with E-state index in [2.05, 4.69) is 15.7 Å². The molecule has 21 heavy (non-hydrogen) atoms. The van der Waals surface area contributed by atoms with Crippen LogP contribution in [0.1, 0.15) is 31.2 Å². The summed E-state index contributed by atoms with van der Waals surface area (Å²) in [4.78, 5) is 35.2. The van der Waals surface area contributed by atoms with Crippen LogP contribution in [0.25, 0.3) is 0 Å². The summed E-state index contributed by atoms with van der Waals surface area (Å²) >= 11 is 0. The zero-order valence-corrected chi connectivity index (χ0v) is 11.0. The van der Waals surface area contributed by atoms with Crippen LogP contribution in [0.15, 0.2) is 24.4 Å². The van der Waals surface area contributed by atoms with E-state index in [1.165, 1.54) is 23.0 Å². The molecule has 3 amide bonds. The first-order valence-electron chi connectivity index (χ1n) is 6.06. The summed E-state index contributed by atoms with van der Waals surface area (Å²) in [5.41, 5.74) is 7.06. The molecule has 0 aliphatic carbocycles. The molecule has 2 heterocycles. The number of amides is 3. The fourth-order valence-electron chi connectivity index (χ4n) is 2.17. The summed E-state index contributed by atoms with van der Waals surface area (Å²) in [6.07, 6.45) is 1.38. The van der Waals surface area contributed by atoms with Gasteiger partial charge in [-0.25, -0.2) is 0 Å². The molecule has 1 aliphatic rings. The van der Waals surface area contributed by atoms with E-state index in [-0.39, 0.29) is 22.5 Å². The zero-order chi connectivity index (χ0) is 15.1. The third-order valence-corrected chi connectivity index (χ3v) is 3.18. The van der Waals surface area contributed by atoms with Crippen LogP contribution < -0.4 is 16.4 Å². The molecule has 0 radical (unpaired) electrons. The number of carbonyl (C=O) groups is 3. The summed E-state index contributed by atoms with van der Waals surface area (Å²) in [7, 11) is 1.60. The maximum absolute atomic E-state index is 12.1. The molecule has 0 atom stereocenters. The summed E-state index contributed by atoms with van der Waals surface area (Å²) in [6.45, 7) is 0. The number of anilines is 2. The number of aromatic nitrogens is 2. The predicted molar refractivity (Wildman–Crippen MR) is 73.8 cm³/mol. The van der Waals surface area contributed by atoms with E-state index >= 15 is 0 Å². The number of nitrogens with one attached hydrogen (secondary N) is 2. The lowest BCUT2D eigenvalue weighted by atomic mass is 10.1. The predicted octanol–water partition coefficient (Wildman–Crippen LogP) is 0.138. The molecule has 1 aromatic carbocycles. The van der Waals surface area contributed by atoms with Crippen molar-refractivity contribution in [1.82, 2.24) is 15.1 Å². The van der Waals surface area contributed by atoms with Crippen LogP contribution in [0.2, 0.25) is 0 Å². The minimum Gasteiger partial charge on any atom is -0.396 e. The van der Waals surface area contributed by atoms with Crippen molar-refractivity contribution in [3.05, 3.63) is 41.2 Å². The third-order valence-electron chi connectivity index (χ3n) is 3.18. The molecule has 0 fully saturated rings. The van der Waals surface area contributed by atoms with E-state index in [0.717, 1.165) is 0 Å². The molecular weight excluding hydrogens is 274 g/mol. The molecule has 8 nitrogen and oxygen atoms in total. The van der Waals surface area contributed by atoms with Gasteiger partial charge >= 0.3 is 0 Å². The van der Waals surface area contributed by atoms with Gasteiger partial charge in [0.2, 0.25) is 0 Å². The Bertz CT molecular complexity index is 774. The first-order chi connectivity index (χ1) is 9.97. The summed E-state index contributed by atoms with van der Waals surface area (Å²) < 4.78 is 1.36. The highest BCUT2D eigenvalue weighted by Gasteiger charge is 2.27. The van der Waals surface area contributed by atoms with Gasteiger partial charge in [0, 0.05) is 12.7 Å². The van der Waals surface area contributed by atoms with E-state index < -0.39 is 17.7 Å². The smallest absolute Gasteiger partial charge is 0.276 e. The molecule has 106 valence electrons. The minimum atomic E-state index is -0.480. The summed E-state index contributed by atoms with van der Waals surface area (Å²) in [5, 5.41) is 8.68. The standard InChI is InChI=1S/C13H11N5O3/c1-18-10(9(14)5-15-18)13(21)16-6-2-3-7-8(4-6)12(20)17-11(7)19/h2-5H,14H2,1H3,(H,16,21)(H,17,19,20). The SMILES string of the molecule is Cn1ncc(N)c1C(=O)Nc1ccc2c(c1)C(=O)NC2=O. The second-order valence-corrected chi connectivity index (χ2v) is 4.57. The quantitative estimate of drug-likeness (QED) is 0.678. The Morgan fingerprint density at radius 1 is 1.29 bits per heavy atom. The van der Waals surface area contributed by atoms with Gasteiger partial charge in [-0.2, -0.15) is 5.10 Å². The van der Waals surface area contributed by atoms with Gasteiger partial charge in [-0.1, -0.05) is 0 Å². The lowest BCUT2D eigenvalue weighted by Gasteiger charge is -2.07. The number of carbonyl (C=O) groups excluding carboxylic acids is 3. The van der Waals surface area contributed by atoms with Gasteiger partial charge in [0.15, 0.2) is 0 Å². The maximum atomic E-state index is 12.1. The monoisotopic (exact) mass is 285 g/mol. The first-order valence-corrected chi connectivity index (χ1v) is 6.06. The Labute approximate surface area is 118 Å². The number of imide groups is 1. The largest absolute Gasteiger partial charge is 0.396 e. The van der Waals surface area contributed by atoms with Crippen LogP contribution in [0.4, 0.5) is 11.4 Å². The topological polar surface area (TPSA) is 119 Å². The van der Waals surface area contributed by atoms with Gasteiger partial charge in [-0.3, -0.25) is 24.4 Å². The van der Waals surface area contributed by atoms with Crippen molar-refractivity contribution in [2.45, 2.75) is 0 Å². The summed E-state index contributed by atoms with van der Waals surface area (Å²) in [6, 6.07) is 4.47. The van der Waals surface area contributed by atoms with Crippen LogP contribution in [-0.4, -0.2) is 27.5 Å². The van der Waals surface area contributed by atoms with Gasteiger partial charge in [0.25, 0.3) is 17.7 Å². The lowest BCUT2D eigenvalue weighted by molar-refractivity contribution is 0.0878. The van der Waals surface area contributed by atoms with Crippen molar-refractivity contribution < 1.29 is 14.4 Å². The molecular formula is C13H11N5O3. The zero-order valence-electron chi connectivity index (χ0n) is 11.0. The second-order valence-electron chi connectivity index (χ2n) is 4.57. The van der Waals surface area contributed by atoms with Crippen LogP contribution >= 0.6 is 0 Å². The van der Waals surface area contributed by atoms with Crippen LogP contribution in [-0.2, 0) is 7.05 Å². The van der Waals surface area contributed by atoms with Gasteiger partial charge in [0.05, 0.1) is 23.0 Å². The molecule has 4 N–H and O–H groups in total. The Morgan fingerprint density at radius 3 is 2.67 bits per heavy atom. The Kier molecular flexibility index (Phi) is 2.72. The van der Waals surface area contributed by atoms with E-state index in [9.17, 15) is 14.4 Å². The number of hydrogen-bond donors (Lipinski definition) is 3. The van der Waals surface area contributed by atoms with Crippen molar-refractivity contribution in [2.75, 3.05) is 11.1 Å². The molecule has 0 bridgehead atoms. The average molecular weight is 285 g/mol. The van der Waals surface area contributed by atoms with Crippen molar-refractivity contribution in [2.24, 2.45) is 7.05 Å². The second kappa shape index (κ2) is 4.44. The van der Waals surface area contributed by atoms with Crippen molar-refractivity contribution in [3.63, 3.8) is 0 Å². The number of aryl methyl sites for hydroxylation is 1. The van der Waals surface area contributed by atoms with Crippen molar-refractivity contribution in [3.8, 4) is 0 Å². The highest BCUT2D eigenvalue weighted by atomic mass is 16.2. The van der Waals surface area contributed by atoms with Crippen LogP contribution in [0.3, 0.4) is 0 Å². The molecule has 8 heteroatoms. The molecule has 0 saturated heterocycles. The molecule has 3 rings (SSSR count). The molecule has 2 aromatic rings. The number of nitrogens with zero attached hydrogens (tertiary/aromatic N) is 2. The van der Waals surface area contributed by atoms with E-state index in [1.54, 1.807) is 13.1 Å². The maximum Gasteiger partial charge on any atom is 0.276 e. The molecule has 0 spiro atoms. The van der Waals surface area contributed by atoms with Gasteiger partial charge in [-0.15, -0.1) is 0 Å². The van der Waals surface area contributed by atoms with Crippen molar-refractivity contribution >= 4 is 29.1 Å².